The lowest BCUT2D eigenvalue weighted by Crippen LogP contribution is -2.41. The van der Waals surface area contributed by atoms with Gasteiger partial charge in [-0.25, -0.2) is 12.7 Å². The van der Waals surface area contributed by atoms with Crippen molar-refractivity contribution in [1.29, 1.82) is 0 Å². The van der Waals surface area contributed by atoms with Gasteiger partial charge in [-0.05, 0) is 0 Å². The molecule has 9 heteroatoms. The molecule has 22 heavy (non-hydrogen) atoms. The summed E-state index contributed by atoms with van der Waals surface area (Å²) in [4.78, 5) is 22.3. The Bertz CT molecular complexity index is 607. The number of carbonyl (C=O) groups excluding carboxylic acids is 1. The van der Waals surface area contributed by atoms with Gasteiger partial charge in [0.1, 0.15) is 0 Å². The van der Waals surface area contributed by atoms with Gasteiger partial charge in [-0.15, -0.1) is 0 Å². The van der Waals surface area contributed by atoms with Gasteiger partial charge in [0.15, 0.2) is 0 Å². The zero-order valence-corrected chi connectivity index (χ0v) is 13.6. The lowest BCUT2D eigenvalue weighted by atomic mass is 10.1. The lowest BCUT2D eigenvalue weighted by Gasteiger charge is -2.22. The maximum absolute atomic E-state index is 12.0. The molecule has 122 valence electrons. The monoisotopic (exact) mass is 327 g/mol. The fraction of sp³-hybridized carbons (Fsp3) is 0.615. The van der Waals surface area contributed by atoms with Crippen LogP contribution in [0, 0.1) is 5.92 Å². The molecule has 0 aromatic carbocycles. The van der Waals surface area contributed by atoms with E-state index in [1.54, 1.807) is 25.6 Å². The maximum atomic E-state index is 12.0. The number of amides is 1. The van der Waals surface area contributed by atoms with Gasteiger partial charge in [-0.2, -0.15) is 0 Å². The molecule has 1 aliphatic heterocycles. The molecule has 0 saturated carbocycles. The van der Waals surface area contributed by atoms with Crippen LogP contribution in [0.25, 0.3) is 0 Å². The van der Waals surface area contributed by atoms with E-state index in [9.17, 15) is 13.2 Å². The zero-order valence-electron chi connectivity index (χ0n) is 12.8. The number of nitrogens with one attached hydrogen (secondary N) is 1. The Labute approximate surface area is 130 Å². The molecule has 2 rings (SSSR count). The summed E-state index contributed by atoms with van der Waals surface area (Å²) in [6, 6.07) is 0. The van der Waals surface area contributed by atoms with Crippen LogP contribution in [0.1, 0.15) is 5.69 Å². The van der Waals surface area contributed by atoms with Crippen LogP contribution in [0.15, 0.2) is 18.6 Å². The number of rotatable bonds is 4. The third-order valence-electron chi connectivity index (χ3n) is 3.66. The highest BCUT2D eigenvalue weighted by molar-refractivity contribution is 7.88. The Morgan fingerprint density at radius 1 is 1.36 bits per heavy atom. The minimum absolute atomic E-state index is 0.153. The van der Waals surface area contributed by atoms with Crippen molar-refractivity contribution in [2.45, 2.75) is 6.54 Å². The Morgan fingerprint density at radius 3 is 2.73 bits per heavy atom. The van der Waals surface area contributed by atoms with Gasteiger partial charge >= 0.3 is 0 Å². The predicted octanol–water partition coefficient (Wildman–Crippen LogP) is -1.08. The summed E-state index contributed by atoms with van der Waals surface area (Å²) in [6.07, 6.45) is 6.07. The molecule has 1 unspecified atom stereocenters. The smallest absolute Gasteiger partial charge is 0.225 e. The molecule has 0 aliphatic carbocycles. The first kappa shape index (κ1) is 16.8. The maximum Gasteiger partial charge on any atom is 0.225 e. The molecule has 0 spiro atoms. The van der Waals surface area contributed by atoms with Gasteiger partial charge in [0.2, 0.25) is 15.9 Å². The molecule has 1 fully saturated rings. The normalized spacial score (nSPS) is 21.3. The fourth-order valence-corrected chi connectivity index (χ4v) is 3.37. The summed E-state index contributed by atoms with van der Waals surface area (Å²) in [6.45, 7) is 2.15. The quantitative estimate of drug-likeness (QED) is 0.755. The average Bonchev–Trinajstić information content (AvgIpc) is 2.70. The first-order valence-electron chi connectivity index (χ1n) is 7.04. The molecule has 1 saturated heterocycles. The first-order chi connectivity index (χ1) is 10.4. The van der Waals surface area contributed by atoms with Gasteiger partial charge in [0.05, 0.1) is 17.9 Å². The topological polar surface area (TPSA) is 95.5 Å². The fourth-order valence-electron chi connectivity index (χ4n) is 2.51. The van der Waals surface area contributed by atoms with Crippen molar-refractivity contribution in [2.75, 3.05) is 39.5 Å². The summed E-state index contributed by atoms with van der Waals surface area (Å²) in [5, 5.41) is 2.60. The van der Waals surface area contributed by atoms with E-state index < -0.39 is 15.9 Å². The standard InChI is InChI=1S/C13H21N5O3S/c1-14-13(19)11-8-17(10-12-7-15-3-4-16-12)5-6-18(9-11)22(2,20)21/h3-4,7,11H,5-6,8-10H2,1-2H3,(H,14,19). The third-order valence-corrected chi connectivity index (χ3v) is 4.93. The lowest BCUT2D eigenvalue weighted by molar-refractivity contribution is -0.125. The molecule has 0 radical (unpaired) electrons. The average molecular weight is 327 g/mol. The molecule has 1 amide bonds. The Kier molecular flexibility index (Phi) is 5.43. The van der Waals surface area contributed by atoms with Crippen molar-refractivity contribution < 1.29 is 13.2 Å². The van der Waals surface area contributed by atoms with Crippen molar-refractivity contribution in [3.63, 3.8) is 0 Å². The van der Waals surface area contributed by atoms with Crippen molar-refractivity contribution in [2.24, 2.45) is 5.92 Å². The van der Waals surface area contributed by atoms with Gasteiger partial charge in [0.25, 0.3) is 0 Å². The van der Waals surface area contributed by atoms with Crippen LogP contribution in [0.2, 0.25) is 0 Å². The van der Waals surface area contributed by atoms with Crippen LogP contribution in [0.5, 0.6) is 0 Å². The molecular formula is C13H21N5O3S. The van der Waals surface area contributed by atoms with Crippen molar-refractivity contribution >= 4 is 15.9 Å². The Balaban J connectivity index is 2.14. The number of aromatic nitrogens is 2. The zero-order chi connectivity index (χ0) is 16.2. The number of sulfonamides is 1. The first-order valence-corrected chi connectivity index (χ1v) is 8.89. The van der Waals surface area contributed by atoms with Crippen LogP contribution < -0.4 is 5.32 Å². The Hall–Kier alpha value is -1.58. The van der Waals surface area contributed by atoms with E-state index in [0.717, 1.165) is 5.69 Å². The second-order valence-corrected chi connectivity index (χ2v) is 7.35. The molecule has 8 nitrogen and oxygen atoms in total. The molecule has 0 bridgehead atoms. The highest BCUT2D eigenvalue weighted by Gasteiger charge is 2.31. The SMILES string of the molecule is CNC(=O)C1CN(Cc2cnccn2)CCN(S(C)(=O)=O)C1. The number of nitrogens with zero attached hydrogens (tertiary/aromatic N) is 4. The van der Waals surface area contributed by atoms with E-state index in [-0.39, 0.29) is 12.5 Å². The molecule has 1 aromatic rings. The van der Waals surface area contributed by atoms with Gasteiger partial charge in [0, 0.05) is 58.4 Å². The van der Waals surface area contributed by atoms with Crippen molar-refractivity contribution in [3.8, 4) is 0 Å². The summed E-state index contributed by atoms with van der Waals surface area (Å²) in [5.41, 5.74) is 0.797. The van der Waals surface area contributed by atoms with Gasteiger partial charge < -0.3 is 5.32 Å². The minimum atomic E-state index is -3.32. The van der Waals surface area contributed by atoms with Crippen molar-refractivity contribution in [1.82, 2.24) is 24.5 Å². The van der Waals surface area contributed by atoms with E-state index in [0.29, 0.717) is 26.2 Å². The molecule has 2 heterocycles. The highest BCUT2D eigenvalue weighted by atomic mass is 32.2. The van der Waals surface area contributed by atoms with E-state index >= 15 is 0 Å². The van der Waals surface area contributed by atoms with E-state index in [1.165, 1.54) is 10.6 Å². The summed E-state index contributed by atoms with van der Waals surface area (Å²) in [5.74, 6) is -0.557. The molecule has 1 aliphatic rings. The number of hydrogen-bond donors (Lipinski definition) is 1. The van der Waals surface area contributed by atoms with Crippen LogP contribution in [-0.4, -0.2) is 73.0 Å². The largest absolute Gasteiger partial charge is 0.359 e. The van der Waals surface area contributed by atoms with E-state index in [4.69, 9.17) is 0 Å². The third kappa shape index (κ3) is 4.46. The van der Waals surface area contributed by atoms with Crippen LogP contribution >= 0.6 is 0 Å². The number of carbonyl (C=O) groups is 1. The van der Waals surface area contributed by atoms with Crippen LogP contribution in [0.3, 0.4) is 0 Å². The molecule has 1 aromatic heterocycles. The summed E-state index contributed by atoms with van der Waals surface area (Å²) < 4.78 is 25.0. The van der Waals surface area contributed by atoms with E-state index in [1.807, 2.05) is 4.90 Å². The van der Waals surface area contributed by atoms with E-state index in [2.05, 4.69) is 15.3 Å². The Morgan fingerprint density at radius 2 is 2.14 bits per heavy atom. The molecular weight excluding hydrogens is 306 g/mol. The summed E-state index contributed by atoms with van der Waals surface area (Å²) in [7, 11) is -1.76. The van der Waals surface area contributed by atoms with Gasteiger partial charge in [-0.1, -0.05) is 0 Å². The van der Waals surface area contributed by atoms with Crippen LogP contribution in [0.4, 0.5) is 0 Å². The second-order valence-electron chi connectivity index (χ2n) is 5.36. The predicted molar refractivity (Wildman–Crippen MR) is 81.3 cm³/mol. The van der Waals surface area contributed by atoms with Crippen molar-refractivity contribution in [3.05, 3.63) is 24.3 Å². The molecule has 1 N–H and O–H groups in total. The summed E-state index contributed by atoms with van der Waals surface area (Å²) >= 11 is 0. The number of hydrogen-bond acceptors (Lipinski definition) is 6. The van der Waals surface area contributed by atoms with Crippen LogP contribution in [-0.2, 0) is 21.4 Å². The highest BCUT2D eigenvalue weighted by Crippen LogP contribution is 2.14. The van der Waals surface area contributed by atoms with Gasteiger partial charge in [-0.3, -0.25) is 19.7 Å². The minimum Gasteiger partial charge on any atom is -0.359 e. The molecule has 1 atom stereocenters. The second kappa shape index (κ2) is 7.12.